The van der Waals surface area contributed by atoms with Crippen LogP contribution in [0.15, 0.2) is 0 Å². The smallest absolute Gasteiger partial charge is 0.325 e. The first-order valence-electron chi connectivity index (χ1n) is 8.46. The highest BCUT2D eigenvalue weighted by Gasteiger charge is 2.49. The van der Waals surface area contributed by atoms with Gasteiger partial charge in [-0.2, -0.15) is 0 Å². The van der Waals surface area contributed by atoms with Gasteiger partial charge in [0.1, 0.15) is 5.54 Å². The van der Waals surface area contributed by atoms with Crippen molar-refractivity contribution in [3.05, 3.63) is 0 Å². The van der Waals surface area contributed by atoms with Crippen molar-refractivity contribution in [2.75, 3.05) is 26.2 Å². The molecule has 1 atom stereocenters. The topological polar surface area (TPSA) is 72.9 Å². The van der Waals surface area contributed by atoms with Gasteiger partial charge in [0.05, 0.1) is 12.6 Å². The van der Waals surface area contributed by atoms with E-state index in [1.807, 2.05) is 13.8 Å². The number of aliphatic hydroxyl groups excluding tert-OH is 1. The summed E-state index contributed by atoms with van der Waals surface area (Å²) in [6.07, 6.45) is 2.75. The number of hydrogen-bond donors (Lipinski definition) is 2. The summed E-state index contributed by atoms with van der Waals surface area (Å²) in [6, 6.07) is -0.375. The second kappa shape index (κ2) is 6.96. The molecule has 2 aliphatic rings. The van der Waals surface area contributed by atoms with Crippen molar-refractivity contribution in [1.82, 2.24) is 15.1 Å². The van der Waals surface area contributed by atoms with Crippen LogP contribution in [0.5, 0.6) is 0 Å². The Bertz CT molecular complexity index is 415. The number of nitrogens with one attached hydrogen (secondary N) is 1. The molecule has 126 valence electrons. The Hall–Kier alpha value is -1.14. The van der Waals surface area contributed by atoms with Gasteiger partial charge in [-0.25, -0.2) is 4.79 Å². The molecule has 0 aliphatic carbocycles. The minimum atomic E-state index is -0.780. The zero-order valence-corrected chi connectivity index (χ0v) is 14.0. The fourth-order valence-electron chi connectivity index (χ4n) is 3.38. The molecule has 2 rings (SSSR count). The van der Waals surface area contributed by atoms with Crippen LogP contribution in [0.1, 0.15) is 46.5 Å². The van der Waals surface area contributed by atoms with E-state index in [2.05, 4.69) is 17.1 Å². The van der Waals surface area contributed by atoms with Gasteiger partial charge in [0.2, 0.25) is 0 Å². The number of piperidine rings is 1. The molecule has 22 heavy (non-hydrogen) atoms. The van der Waals surface area contributed by atoms with E-state index in [1.165, 1.54) is 4.90 Å². The Morgan fingerprint density at radius 3 is 2.32 bits per heavy atom. The molecule has 2 N–H and O–H groups in total. The molecule has 2 aliphatic heterocycles. The van der Waals surface area contributed by atoms with E-state index in [0.717, 1.165) is 31.8 Å². The van der Waals surface area contributed by atoms with Gasteiger partial charge >= 0.3 is 6.03 Å². The van der Waals surface area contributed by atoms with Crippen LogP contribution in [0, 0.1) is 5.92 Å². The van der Waals surface area contributed by atoms with Crippen molar-refractivity contribution in [2.24, 2.45) is 5.92 Å². The maximum Gasteiger partial charge on any atom is 0.325 e. The van der Waals surface area contributed by atoms with Gasteiger partial charge in [-0.3, -0.25) is 9.69 Å². The highest BCUT2D eigenvalue weighted by molar-refractivity contribution is 6.07. The number of carbonyl (C=O) groups excluding carboxylic acids is 2. The molecule has 0 spiro atoms. The van der Waals surface area contributed by atoms with Crippen LogP contribution in [-0.2, 0) is 4.79 Å². The number of nitrogens with zero attached hydrogens (tertiary/aromatic N) is 2. The van der Waals surface area contributed by atoms with E-state index in [0.29, 0.717) is 19.4 Å². The first-order valence-corrected chi connectivity index (χ1v) is 8.46. The summed E-state index contributed by atoms with van der Waals surface area (Å²) in [4.78, 5) is 27.9. The fraction of sp³-hybridized carbons (Fsp3) is 0.875. The van der Waals surface area contributed by atoms with Crippen molar-refractivity contribution in [3.8, 4) is 0 Å². The first-order chi connectivity index (χ1) is 10.4. The summed E-state index contributed by atoms with van der Waals surface area (Å²) < 4.78 is 0. The summed E-state index contributed by atoms with van der Waals surface area (Å²) in [5, 5.41) is 13.1. The second-order valence-electron chi connectivity index (χ2n) is 6.77. The number of carbonyl (C=O) groups is 2. The van der Waals surface area contributed by atoms with Gasteiger partial charge in [-0.15, -0.1) is 0 Å². The molecule has 2 saturated heterocycles. The summed E-state index contributed by atoms with van der Waals surface area (Å²) in [5.74, 6) is 0.544. The normalized spacial score (nSPS) is 24.6. The second-order valence-corrected chi connectivity index (χ2v) is 6.77. The Morgan fingerprint density at radius 2 is 1.82 bits per heavy atom. The summed E-state index contributed by atoms with van der Waals surface area (Å²) in [5.41, 5.74) is -0.780. The monoisotopic (exact) mass is 311 g/mol. The van der Waals surface area contributed by atoms with E-state index in [4.69, 9.17) is 0 Å². The van der Waals surface area contributed by atoms with Gasteiger partial charge in [0, 0.05) is 6.54 Å². The highest BCUT2D eigenvalue weighted by Crippen LogP contribution is 2.25. The van der Waals surface area contributed by atoms with Crippen molar-refractivity contribution < 1.29 is 14.7 Å². The molecule has 3 amide bonds. The number of hydrogen-bond acceptors (Lipinski definition) is 4. The van der Waals surface area contributed by atoms with Crippen molar-refractivity contribution in [1.29, 1.82) is 0 Å². The van der Waals surface area contributed by atoms with Crippen LogP contribution in [0.2, 0.25) is 0 Å². The van der Waals surface area contributed by atoms with Crippen LogP contribution in [-0.4, -0.2) is 64.7 Å². The van der Waals surface area contributed by atoms with E-state index in [9.17, 15) is 14.7 Å². The lowest BCUT2D eigenvalue weighted by Gasteiger charge is -2.32. The molecule has 0 bridgehead atoms. The van der Waals surface area contributed by atoms with Gasteiger partial charge in [-0.1, -0.05) is 20.8 Å². The predicted molar refractivity (Wildman–Crippen MR) is 84.4 cm³/mol. The molecular formula is C16H29N3O3. The van der Waals surface area contributed by atoms with Gasteiger partial charge < -0.3 is 15.3 Å². The number of β-amino-alcohol motifs (C(OH)–C–C–N with tert-alkyl or cyclic N) is 1. The molecule has 6 nitrogen and oxygen atoms in total. The molecule has 0 saturated carbocycles. The number of likely N-dealkylation sites (tertiary alicyclic amines) is 1. The largest absolute Gasteiger partial charge is 0.390 e. The minimum Gasteiger partial charge on any atom is -0.390 e. The van der Waals surface area contributed by atoms with Crippen LogP contribution < -0.4 is 5.32 Å². The van der Waals surface area contributed by atoms with Crippen molar-refractivity contribution in [3.63, 3.8) is 0 Å². The fourth-order valence-corrected chi connectivity index (χ4v) is 3.38. The highest BCUT2D eigenvalue weighted by atomic mass is 16.3. The zero-order valence-electron chi connectivity index (χ0n) is 14.0. The standard InChI is InChI=1S/C16H29N3O3/c1-4-16(5-2)14(21)19(15(22)17-16)11-13(20)10-18-8-6-12(3)7-9-18/h12-13,20H,4-11H2,1-3H3,(H,17,22). The maximum absolute atomic E-state index is 12.5. The van der Waals surface area contributed by atoms with Crippen LogP contribution in [0.4, 0.5) is 4.79 Å². The Balaban J connectivity index is 1.90. The van der Waals surface area contributed by atoms with Crippen molar-refractivity contribution in [2.45, 2.75) is 58.1 Å². The summed E-state index contributed by atoms with van der Waals surface area (Å²) >= 11 is 0. The zero-order chi connectivity index (χ0) is 16.3. The number of urea groups is 1. The third-order valence-corrected chi connectivity index (χ3v) is 5.19. The third kappa shape index (κ3) is 3.43. The first kappa shape index (κ1) is 17.2. The third-order valence-electron chi connectivity index (χ3n) is 5.19. The molecule has 6 heteroatoms. The Kier molecular flexibility index (Phi) is 5.45. The average molecular weight is 311 g/mol. The SMILES string of the molecule is CCC1(CC)NC(=O)N(CC(O)CN2CCC(C)CC2)C1=O. The summed E-state index contributed by atoms with van der Waals surface area (Å²) in [6.45, 7) is 8.61. The molecule has 1 unspecified atom stereocenters. The number of rotatable bonds is 6. The van der Waals surface area contributed by atoms with Crippen LogP contribution >= 0.6 is 0 Å². The number of aliphatic hydroxyl groups is 1. The van der Waals surface area contributed by atoms with E-state index in [-0.39, 0.29) is 18.5 Å². The molecular weight excluding hydrogens is 282 g/mol. The minimum absolute atomic E-state index is 0.0818. The lowest BCUT2D eigenvalue weighted by Crippen LogP contribution is -2.47. The van der Waals surface area contributed by atoms with E-state index >= 15 is 0 Å². The van der Waals surface area contributed by atoms with E-state index in [1.54, 1.807) is 0 Å². The molecule has 0 radical (unpaired) electrons. The predicted octanol–water partition coefficient (Wildman–Crippen LogP) is 1.19. The maximum atomic E-state index is 12.5. The van der Waals surface area contributed by atoms with E-state index < -0.39 is 11.6 Å². The Morgan fingerprint density at radius 1 is 1.23 bits per heavy atom. The van der Waals surface area contributed by atoms with Gasteiger partial charge in [0.15, 0.2) is 0 Å². The number of amides is 3. The van der Waals surface area contributed by atoms with Gasteiger partial charge in [0.25, 0.3) is 5.91 Å². The Labute approximate surface area is 132 Å². The van der Waals surface area contributed by atoms with Gasteiger partial charge in [-0.05, 0) is 44.7 Å². The number of imide groups is 1. The van der Waals surface area contributed by atoms with Crippen LogP contribution in [0.25, 0.3) is 0 Å². The lowest BCUT2D eigenvalue weighted by atomic mass is 9.93. The summed E-state index contributed by atoms with van der Waals surface area (Å²) in [7, 11) is 0. The van der Waals surface area contributed by atoms with Crippen LogP contribution in [0.3, 0.4) is 0 Å². The molecule has 0 aromatic rings. The lowest BCUT2D eigenvalue weighted by molar-refractivity contribution is -0.132. The quantitative estimate of drug-likeness (QED) is 0.723. The molecule has 2 fully saturated rings. The van der Waals surface area contributed by atoms with Crippen molar-refractivity contribution >= 4 is 11.9 Å². The molecule has 0 aromatic heterocycles. The molecule has 0 aromatic carbocycles. The average Bonchev–Trinajstić information content (AvgIpc) is 2.74. The molecule has 2 heterocycles.